The van der Waals surface area contributed by atoms with E-state index in [0.717, 1.165) is 29.0 Å². The molecule has 2 aromatic rings. The van der Waals surface area contributed by atoms with Crippen LogP contribution in [0.3, 0.4) is 0 Å². The summed E-state index contributed by atoms with van der Waals surface area (Å²) in [6.45, 7) is 3.08. The number of para-hydroxylation sites is 1. The molecule has 3 aliphatic heterocycles. The first-order valence-corrected chi connectivity index (χ1v) is 15.4. The molecule has 3 atom stereocenters. The van der Waals surface area contributed by atoms with Gasteiger partial charge in [0.25, 0.3) is 0 Å². The Labute approximate surface area is 227 Å². The molecule has 2 saturated heterocycles. The molecule has 2 aromatic carbocycles. The third-order valence-corrected chi connectivity index (χ3v) is 9.84. The number of carbonyl (C=O) groups excluding carboxylic acids is 2. The van der Waals surface area contributed by atoms with Gasteiger partial charge in [-0.05, 0) is 12.5 Å². The molecule has 6 nitrogen and oxygen atoms in total. The van der Waals surface area contributed by atoms with Gasteiger partial charge in [0.05, 0.1) is 7.11 Å². The van der Waals surface area contributed by atoms with Crippen molar-refractivity contribution in [2.75, 3.05) is 24.7 Å². The van der Waals surface area contributed by atoms with Gasteiger partial charge in [-0.15, -0.1) is 0 Å². The summed E-state index contributed by atoms with van der Waals surface area (Å²) in [5.41, 5.74) is 3.98. The minimum absolute atomic E-state index is 0.0115. The molecule has 0 radical (unpaired) electrons. The molecule has 192 valence electrons. The monoisotopic (exact) mass is 622 g/mol. The number of benzene rings is 2. The van der Waals surface area contributed by atoms with Gasteiger partial charge < -0.3 is 4.74 Å². The first-order chi connectivity index (χ1) is 17.5. The van der Waals surface area contributed by atoms with E-state index in [1.807, 2.05) is 43.3 Å². The molecule has 0 spiro atoms. The van der Waals surface area contributed by atoms with E-state index in [4.69, 9.17) is 25.8 Å². The summed E-state index contributed by atoms with van der Waals surface area (Å²) in [5, 5.41) is 0.725. The number of methoxy groups -OCH3 is 1. The molecule has 5 rings (SSSR count). The number of ether oxygens (including phenoxy) is 3. The Morgan fingerprint density at radius 2 is 2.06 bits per heavy atom. The fraction of sp³-hybridized carbons (Fsp3) is 0.429. The van der Waals surface area contributed by atoms with Crippen LogP contribution in [0.2, 0.25) is 5.02 Å². The first kappa shape index (κ1) is 25.5. The standard InChI is InChI=1S/C28H30ClINO5/c1-17-27(28(33)36-16-19-6-3-4-8-25(19)34-2)22(13-26(32)31(17)15-20-7-5-11-35-20)18-9-10-21(23(29)12-18)24-14-30-24/h3-4,6,8-10,12,20,22,24H,5,7,11,13-16H2,1-2H3/q-1/t20-,22+,24?/m0/s1. The average Bonchev–Trinajstić information content (AvgIpc) is 3.59. The molecule has 3 aliphatic rings. The van der Waals surface area contributed by atoms with E-state index in [9.17, 15) is 9.59 Å². The Kier molecular flexibility index (Phi) is 7.88. The SMILES string of the molecule is COc1ccccc1COC(=O)C1=C(C)N(C[C@@H]2CCCO2)C(=O)C[C@@H]1c1ccc(C2C[I-]2)c(Cl)c1. The molecule has 8 heteroatoms. The van der Waals surface area contributed by atoms with Crippen LogP contribution in [0.1, 0.15) is 52.7 Å². The fourth-order valence-electron chi connectivity index (χ4n) is 5.04. The number of hydrogen-bond acceptors (Lipinski definition) is 5. The maximum absolute atomic E-state index is 13.6. The number of rotatable bonds is 8. The number of nitrogens with zero attached hydrogens (tertiary/aromatic N) is 1. The predicted octanol–water partition coefficient (Wildman–Crippen LogP) is 2.00. The summed E-state index contributed by atoms with van der Waals surface area (Å²) in [6.07, 6.45) is 2.08. The second-order valence-electron chi connectivity index (χ2n) is 9.34. The normalized spacial score (nSPS) is 23.9. The summed E-state index contributed by atoms with van der Waals surface area (Å²) < 4.78 is 18.9. The van der Waals surface area contributed by atoms with Gasteiger partial charge in [-0.1, -0.05) is 12.1 Å². The summed E-state index contributed by atoms with van der Waals surface area (Å²) >= 11 is 6.88. The summed E-state index contributed by atoms with van der Waals surface area (Å²) in [5.74, 6) is -0.190. The summed E-state index contributed by atoms with van der Waals surface area (Å²) in [7, 11) is 1.59. The molecule has 0 saturated carbocycles. The Morgan fingerprint density at radius 3 is 2.75 bits per heavy atom. The van der Waals surface area contributed by atoms with Gasteiger partial charge in [0.2, 0.25) is 0 Å². The minimum atomic E-state index is -0.429. The molecule has 1 unspecified atom stereocenters. The van der Waals surface area contributed by atoms with Crippen LogP contribution in [0.25, 0.3) is 0 Å². The van der Waals surface area contributed by atoms with Crippen molar-refractivity contribution in [1.82, 2.24) is 4.90 Å². The van der Waals surface area contributed by atoms with Gasteiger partial charge in [-0.2, -0.15) is 0 Å². The van der Waals surface area contributed by atoms with Gasteiger partial charge in [-0.3, -0.25) is 0 Å². The Hall–Kier alpha value is -2.10. The number of amides is 1. The van der Waals surface area contributed by atoms with E-state index < -0.39 is 11.9 Å². The molecular weight excluding hydrogens is 593 g/mol. The van der Waals surface area contributed by atoms with Crippen LogP contribution in [0.5, 0.6) is 5.75 Å². The third-order valence-electron chi connectivity index (χ3n) is 7.08. The third kappa shape index (κ3) is 5.43. The van der Waals surface area contributed by atoms with Crippen LogP contribution < -0.4 is 25.9 Å². The number of allylic oxidation sites excluding steroid dienone is 1. The van der Waals surface area contributed by atoms with E-state index in [1.54, 1.807) is 12.0 Å². The van der Waals surface area contributed by atoms with Crippen LogP contribution in [0, 0.1) is 0 Å². The second kappa shape index (κ2) is 11.1. The molecule has 0 N–H and O–H groups in total. The zero-order valence-electron chi connectivity index (χ0n) is 20.5. The van der Waals surface area contributed by atoms with Crippen LogP contribution in [-0.4, -0.2) is 47.6 Å². The molecule has 3 heterocycles. The van der Waals surface area contributed by atoms with Gasteiger partial charge in [0.15, 0.2) is 0 Å². The number of halogens is 2. The number of alkyl halides is 2. The molecule has 36 heavy (non-hydrogen) atoms. The maximum atomic E-state index is 13.6. The number of esters is 1. The molecule has 0 aliphatic carbocycles. The Morgan fingerprint density at radius 1 is 1.25 bits per heavy atom. The average molecular weight is 623 g/mol. The van der Waals surface area contributed by atoms with Crippen LogP contribution in [0.15, 0.2) is 53.7 Å². The van der Waals surface area contributed by atoms with Gasteiger partial charge in [-0.25, -0.2) is 0 Å². The zero-order chi connectivity index (χ0) is 25.2. The summed E-state index contributed by atoms with van der Waals surface area (Å²) in [4.78, 5) is 28.6. The van der Waals surface area contributed by atoms with Crippen LogP contribution >= 0.6 is 11.6 Å². The zero-order valence-corrected chi connectivity index (χ0v) is 23.4. The second-order valence-corrected chi connectivity index (χ2v) is 13.0. The van der Waals surface area contributed by atoms with E-state index in [1.165, 1.54) is 9.99 Å². The van der Waals surface area contributed by atoms with Crippen LogP contribution in [-0.2, 0) is 25.7 Å². The molecular formula is C28H30ClINO5-. The Balaban J connectivity index is 1.46. The van der Waals surface area contributed by atoms with Crippen molar-refractivity contribution in [2.45, 2.75) is 48.7 Å². The van der Waals surface area contributed by atoms with E-state index in [0.29, 0.717) is 34.1 Å². The van der Waals surface area contributed by atoms with Crippen molar-refractivity contribution in [2.24, 2.45) is 0 Å². The van der Waals surface area contributed by atoms with Gasteiger partial charge in [0.1, 0.15) is 0 Å². The quantitative estimate of drug-likeness (QED) is 0.256. The topological polar surface area (TPSA) is 65.1 Å². The predicted molar refractivity (Wildman–Crippen MR) is 133 cm³/mol. The van der Waals surface area contributed by atoms with Crippen molar-refractivity contribution in [1.29, 1.82) is 0 Å². The molecule has 0 bridgehead atoms. The summed E-state index contributed by atoms with van der Waals surface area (Å²) in [6, 6.07) is 13.5. The molecule has 1 amide bonds. The van der Waals surface area contributed by atoms with E-state index in [2.05, 4.69) is 6.07 Å². The van der Waals surface area contributed by atoms with Crippen molar-refractivity contribution < 1.29 is 45.0 Å². The van der Waals surface area contributed by atoms with Crippen molar-refractivity contribution in [3.63, 3.8) is 0 Å². The molecule has 2 fully saturated rings. The van der Waals surface area contributed by atoms with E-state index in [-0.39, 0.29) is 46.2 Å². The Bertz CT molecular complexity index is 1190. The molecule has 0 aromatic heterocycles. The number of carbonyl (C=O) groups is 2. The number of hydrogen-bond donors (Lipinski definition) is 0. The van der Waals surface area contributed by atoms with E-state index >= 15 is 0 Å². The van der Waals surface area contributed by atoms with Gasteiger partial charge in [0, 0.05) is 6.61 Å². The van der Waals surface area contributed by atoms with Gasteiger partial charge >= 0.3 is 185 Å². The fourth-order valence-corrected chi connectivity index (χ4v) is 7.30. The van der Waals surface area contributed by atoms with Crippen molar-refractivity contribution in [3.8, 4) is 5.75 Å². The van der Waals surface area contributed by atoms with Crippen LogP contribution in [0.4, 0.5) is 0 Å². The first-order valence-electron chi connectivity index (χ1n) is 12.2. The van der Waals surface area contributed by atoms with Crippen molar-refractivity contribution in [3.05, 3.63) is 75.4 Å². The van der Waals surface area contributed by atoms with Crippen molar-refractivity contribution >= 4 is 23.5 Å².